The first-order valence-corrected chi connectivity index (χ1v) is 8.28. The van der Waals surface area contributed by atoms with E-state index in [1.54, 1.807) is 0 Å². The van der Waals surface area contributed by atoms with Gasteiger partial charge in [-0.1, -0.05) is 32.9 Å². The maximum absolute atomic E-state index is 5.66. The maximum Gasteiger partial charge on any atom is 0.119 e. The number of hydrogen-bond donors (Lipinski definition) is 1. The Labute approximate surface area is 130 Å². The smallest absolute Gasteiger partial charge is 0.119 e. The summed E-state index contributed by atoms with van der Waals surface area (Å²) in [6.45, 7) is 11.6. The van der Waals surface area contributed by atoms with E-state index in [1.807, 2.05) is 0 Å². The summed E-state index contributed by atoms with van der Waals surface area (Å²) < 4.78 is 5.66. The quantitative estimate of drug-likeness (QED) is 0.709. The molecule has 1 aromatic rings. The van der Waals surface area contributed by atoms with E-state index in [0.29, 0.717) is 12.1 Å². The van der Waals surface area contributed by atoms with Crippen molar-refractivity contribution >= 4 is 0 Å². The summed E-state index contributed by atoms with van der Waals surface area (Å²) >= 11 is 0. The molecule has 0 fully saturated rings. The fourth-order valence-corrected chi connectivity index (χ4v) is 2.33. The Morgan fingerprint density at radius 2 is 1.81 bits per heavy atom. The molecule has 2 unspecified atom stereocenters. The van der Waals surface area contributed by atoms with Crippen LogP contribution in [0.3, 0.4) is 0 Å². The third-order valence-corrected chi connectivity index (χ3v) is 4.02. The second kappa shape index (κ2) is 9.80. The van der Waals surface area contributed by atoms with Crippen molar-refractivity contribution in [1.29, 1.82) is 0 Å². The lowest BCUT2D eigenvalue weighted by Crippen LogP contribution is -2.37. The van der Waals surface area contributed by atoms with E-state index in [1.165, 1.54) is 12.0 Å². The van der Waals surface area contributed by atoms with Crippen LogP contribution >= 0.6 is 0 Å². The summed E-state index contributed by atoms with van der Waals surface area (Å²) in [6, 6.07) is 9.51. The molecular formula is C18H32N2O. The monoisotopic (exact) mass is 292 g/mol. The molecule has 0 heterocycles. The van der Waals surface area contributed by atoms with E-state index in [9.17, 15) is 0 Å². The van der Waals surface area contributed by atoms with E-state index >= 15 is 0 Å². The topological polar surface area (TPSA) is 24.5 Å². The Morgan fingerprint density at radius 3 is 2.33 bits per heavy atom. The second-order valence-electron chi connectivity index (χ2n) is 5.72. The van der Waals surface area contributed by atoms with Crippen LogP contribution in [0.15, 0.2) is 24.3 Å². The summed E-state index contributed by atoms with van der Waals surface area (Å²) in [4.78, 5) is 2.43. The molecule has 0 saturated heterocycles. The summed E-state index contributed by atoms with van der Waals surface area (Å²) in [6.07, 6.45) is 2.22. The standard InChI is InChI=1S/C18H32N2O/c1-6-13-21-17-11-9-16(10-12-17)18(19-8-3)14-20(5)15(4)7-2/h9-12,15,18-19H,6-8,13-14H2,1-5H3. The van der Waals surface area contributed by atoms with Gasteiger partial charge in [0.15, 0.2) is 0 Å². The molecule has 0 aliphatic heterocycles. The van der Waals surface area contributed by atoms with Crippen molar-refractivity contribution in [2.75, 3.05) is 26.7 Å². The molecule has 21 heavy (non-hydrogen) atoms. The van der Waals surface area contributed by atoms with Crippen molar-refractivity contribution in [1.82, 2.24) is 10.2 Å². The highest BCUT2D eigenvalue weighted by molar-refractivity contribution is 5.29. The molecule has 0 aliphatic carbocycles. The molecule has 1 rings (SSSR count). The molecular weight excluding hydrogens is 260 g/mol. The molecule has 1 aromatic carbocycles. The number of nitrogens with zero attached hydrogens (tertiary/aromatic N) is 1. The highest BCUT2D eigenvalue weighted by atomic mass is 16.5. The maximum atomic E-state index is 5.66. The SMILES string of the molecule is CCCOc1ccc(C(CN(C)C(C)CC)NCC)cc1. The molecule has 1 N–H and O–H groups in total. The van der Waals surface area contributed by atoms with Crippen LogP contribution in [0.4, 0.5) is 0 Å². The van der Waals surface area contributed by atoms with Gasteiger partial charge >= 0.3 is 0 Å². The van der Waals surface area contributed by atoms with Crippen LogP contribution in [0.2, 0.25) is 0 Å². The Balaban J connectivity index is 2.70. The Kier molecular flexibility index (Phi) is 8.40. The third kappa shape index (κ3) is 6.06. The minimum Gasteiger partial charge on any atom is -0.494 e. The molecule has 0 radical (unpaired) electrons. The minimum atomic E-state index is 0.370. The summed E-state index contributed by atoms with van der Waals surface area (Å²) in [5.74, 6) is 0.964. The van der Waals surface area contributed by atoms with Crippen LogP contribution in [-0.2, 0) is 0 Å². The molecule has 120 valence electrons. The number of benzene rings is 1. The van der Waals surface area contributed by atoms with Gasteiger partial charge in [-0.2, -0.15) is 0 Å². The second-order valence-corrected chi connectivity index (χ2v) is 5.72. The number of rotatable bonds is 10. The molecule has 3 heteroatoms. The van der Waals surface area contributed by atoms with Crippen LogP contribution in [0.25, 0.3) is 0 Å². The Morgan fingerprint density at radius 1 is 1.14 bits per heavy atom. The van der Waals surface area contributed by atoms with Gasteiger partial charge in [0.25, 0.3) is 0 Å². The predicted molar refractivity (Wildman–Crippen MR) is 91.0 cm³/mol. The number of likely N-dealkylation sites (N-methyl/N-ethyl adjacent to an activating group) is 2. The molecule has 0 aromatic heterocycles. The Hall–Kier alpha value is -1.06. The van der Waals surface area contributed by atoms with E-state index in [4.69, 9.17) is 4.74 Å². The van der Waals surface area contributed by atoms with Gasteiger partial charge in [-0.25, -0.2) is 0 Å². The third-order valence-electron chi connectivity index (χ3n) is 4.02. The van der Waals surface area contributed by atoms with E-state index in [2.05, 4.69) is 69.2 Å². The van der Waals surface area contributed by atoms with Crippen molar-refractivity contribution in [2.45, 2.75) is 52.6 Å². The van der Waals surface area contributed by atoms with Gasteiger partial charge in [0.2, 0.25) is 0 Å². The predicted octanol–water partition coefficient (Wildman–Crippen LogP) is 3.86. The molecule has 0 saturated carbocycles. The van der Waals surface area contributed by atoms with Gasteiger partial charge in [-0.15, -0.1) is 0 Å². The zero-order valence-electron chi connectivity index (χ0n) is 14.4. The largest absolute Gasteiger partial charge is 0.494 e. The fourth-order valence-electron chi connectivity index (χ4n) is 2.33. The first kappa shape index (κ1) is 18.0. The van der Waals surface area contributed by atoms with E-state index in [0.717, 1.165) is 31.9 Å². The van der Waals surface area contributed by atoms with Crippen molar-refractivity contribution in [3.63, 3.8) is 0 Å². The highest BCUT2D eigenvalue weighted by Gasteiger charge is 2.15. The lowest BCUT2D eigenvalue weighted by molar-refractivity contribution is 0.225. The van der Waals surface area contributed by atoms with Gasteiger partial charge < -0.3 is 15.0 Å². The molecule has 0 bridgehead atoms. The lowest BCUT2D eigenvalue weighted by Gasteiger charge is -2.29. The van der Waals surface area contributed by atoms with E-state index < -0.39 is 0 Å². The van der Waals surface area contributed by atoms with Gasteiger partial charge in [-0.05, 0) is 51.1 Å². The molecule has 3 nitrogen and oxygen atoms in total. The van der Waals surface area contributed by atoms with Gasteiger partial charge in [-0.3, -0.25) is 0 Å². The van der Waals surface area contributed by atoms with Crippen LogP contribution in [0, 0.1) is 0 Å². The number of ether oxygens (including phenoxy) is 1. The van der Waals surface area contributed by atoms with Gasteiger partial charge in [0.05, 0.1) is 6.61 Å². The number of nitrogens with one attached hydrogen (secondary N) is 1. The zero-order chi connectivity index (χ0) is 15.7. The van der Waals surface area contributed by atoms with Crippen LogP contribution < -0.4 is 10.1 Å². The summed E-state index contributed by atoms with van der Waals surface area (Å²) in [7, 11) is 2.21. The molecule has 2 atom stereocenters. The average molecular weight is 292 g/mol. The van der Waals surface area contributed by atoms with Crippen LogP contribution in [0.5, 0.6) is 5.75 Å². The van der Waals surface area contributed by atoms with Crippen molar-refractivity contribution in [3.8, 4) is 5.75 Å². The molecule has 0 spiro atoms. The van der Waals surface area contributed by atoms with Crippen molar-refractivity contribution in [2.24, 2.45) is 0 Å². The van der Waals surface area contributed by atoms with Crippen molar-refractivity contribution in [3.05, 3.63) is 29.8 Å². The summed E-state index contributed by atoms with van der Waals surface area (Å²) in [5.41, 5.74) is 1.33. The first-order valence-electron chi connectivity index (χ1n) is 8.28. The zero-order valence-corrected chi connectivity index (χ0v) is 14.4. The van der Waals surface area contributed by atoms with E-state index in [-0.39, 0.29) is 0 Å². The van der Waals surface area contributed by atoms with Gasteiger partial charge in [0.1, 0.15) is 5.75 Å². The van der Waals surface area contributed by atoms with Gasteiger partial charge in [0, 0.05) is 18.6 Å². The van der Waals surface area contributed by atoms with Crippen LogP contribution in [0.1, 0.15) is 52.1 Å². The number of hydrogen-bond acceptors (Lipinski definition) is 3. The fraction of sp³-hybridized carbons (Fsp3) is 0.667. The normalized spacial score (nSPS) is 14.2. The minimum absolute atomic E-state index is 0.370. The molecule has 0 aliphatic rings. The average Bonchev–Trinajstić information content (AvgIpc) is 2.52. The van der Waals surface area contributed by atoms with Crippen LogP contribution in [-0.4, -0.2) is 37.7 Å². The Bertz CT molecular complexity index is 377. The summed E-state index contributed by atoms with van der Waals surface area (Å²) in [5, 5.41) is 3.59. The first-order chi connectivity index (χ1) is 10.1. The lowest BCUT2D eigenvalue weighted by atomic mass is 10.1. The highest BCUT2D eigenvalue weighted by Crippen LogP contribution is 2.19. The van der Waals surface area contributed by atoms with Crippen molar-refractivity contribution < 1.29 is 4.74 Å². The molecule has 0 amide bonds.